The summed E-state index contributed by atoms with van der Waals surface area (Å²) in [4.78, 5) is 30.6. The molecule has 1 amide bonds. The van der Waals surface area contributed by atoms with Gasteiger partial charge in [0.05, 0.1) is 6.33 Å². The van der Waals surface area contributed by atoms with Crippen LogP contribution < -0.4 is 5.32 Å². The first kappa shape index (κ1) is 22.9. The van der Waals surface area contributed by atoms with Crippen molar-refractivity contribution in [3.8, 4) is 21.7 Å². The second-order valence-corrected chi connectivity index (χ2v) is 9.85. The summed E-state index contributed by atoms with van der Waals surface area (Å²) in [6.45, 7) is 1.83. The van der Waals surface area contributed by atoms with Gasteiger partial charge in [-0.1, -0.05) is 54.6 Å². The number of hydrogen-bond donors (Lipinski definition) is 2. The van der Waals surface area contributed by atoms with Gasteiger partial charge in [0.15, 0.2) is 0 Å². The molecule has 0 bridgehead atoms. The first-order valence-corrected chi connectivity index (χ1v) is 12.2. The number of hydrogen-bond acceptors (Lipinski definition) is 5. The number of aryl methyl sites for hydroxylation is 1. The number of anilines is 1. The van der Waals surface area contributed by atoms with Crippen LogP contribution in [-0.2, 0) is 22.0 Å². The quantitative estimate of drug-likeness (QED) is 0.322. The van der Waals surface area contributed by atoms with Gasteiger partial charge in [0.25, 0.3) is 0 Å². The number of aromatic nitrogens is 2. The number of aliphatic carboxylic acids is 1. The minimum absolute atomic E-state index is 0.390. The Hall–Kier alpha value is -3.91. The van der Waals surface area contributed by atoms with E-state index in [1.165, 1.54) is 11.3 Å². The number of ether oxygens (including phenoxy) is 1. The van der Waals surface area contributed by atoms with E-state index in [-0.39, 0.29) is 0 Å². The smallest absolute Gasteiger partial charge is 0.413 e. The maximum absolute atomic E-state index is 12.6. The highest BCUT2D eigenvalue weighted by atomic mass is 32.1. The molecular weight excluding hydrogens is 462 g/mol. The highest BCUT2D eigenvalue weighted by Crippen LogP contribution is 2.51. The van der Waals surface area contributed by atoms with Crippen molar-refractivity contribution in [3.05, 3.63) is 83.5 Å². The van der Waals surface area contributed by atoms with Gasteiger partial charge in [-0.3, -0.25) is 10.1 Å². The van der Waals surface area contributed by atoms with Crippen molar-refractivity contribution in [2.24, 2.45) is 7.05 Å². The van der Waals surface area contributed by atoms with Gasteiger partial charge in [-0.05, 0) is 43.0 Å². The SMILES string of the molecule is C[C@@H](OC(=O)Nc1c(-c2ccc(-c3ccc(C4(C(=O)O)CC4)s3)cc2)ncn1C)c1ccccc1. The van der Waals surface area contributed by atoms with Crippen molar-refractivity contribution in [3.63, 3.8) is 0 Å². The van der Waals surface area contributed by atoms with E-state index in [4.69, 9.17) is 4.74 Å². The summed E-state index contributed by atoms with van der Waals surface area (Å²) in [5.74, 6) is -0.202. The Balaban J connectivity index is 1.31. The Morgan fingerprint density at radius 3 is 2.40 bits per heavy atom. The lowest BCUT2D eigenvalue weighted by molar-refractivity contribution is -0.139. The second-order valence-electron chi connectivity index (χ2n) is 8.76. The number of carbonyl (C=O) groups is 2. The van der Waals surface area contributed by atoms with Gasteiger partial charge in [-0.15, -0.1) is 11.3 Å². The van der Waals surface area contributed by atoms with Crippen molar-refractivity contribution in [1.82, 2.24) is 9.55 Å². The standard InChI is InChI=1S/C27H25N3O4S/c1-17(18-6-4-3-5-7-18)34-26(33)29-24-23(28-16-30(24)2)20-10-8-19(9-11-20)21-12-13-22(35-21)27(14-15-27)25(31)32/h3-13,16-17H,14-15H2,1-2H3,(H,29,33)(H,31,32)/t17-/m1/s1. The Bertz CT molecular complexity index is 1370. The summed E-state index contributed by atoms with van der Waals surface area (Å²) in [6.07, 6.45) is 2.10. The molecule has 0 spiro atoms. The number of imidazole rings is 1. The topological polar surface area (TPSA) is 93.4 Å². The molecule has 35 heavy (non-hydrogen) atoms. The fourth-order valence-corrected chi connectivity index (χ4v) is 5.35. The maximum Gasteiger partial charge on any atom is 0.413 e. The molecule has 1 atom stereocenters. The average molecular weight is 488 g/mol. The zero-order valence-corrected chi connectivity index (χ0v) is 20.2. The lowest BCUT2D eigenvalue weighted by Crippen LogP contribution is -2.18. The van der Waals surface area contributed by atoms with Gasteiger partial charge in [-0.25, -0.2) is 9.78 Å². The van der Waals surface area contributed by atoms with E-state index in [0.717, 1.165) is 26.4 Å². The van der Waals surface area contributed by atoms with E-state index in [9.17, 15) is 14.7 Å². The molecule has 4 aromatic rings. The molecule has 5 rings (SSSR count). The number of benzene rings is 2. The normalized spacial score (nSPS) is 14.8. The summed E-state index contributed by atoms with van der Waals surface area (Å²) < 4.78 is 7.29. The van der Waals surface area contributed by atoms with Crippen LogP contribution in [0.1, 0.15) is 36.3 Å². The molecule has 178 valence electrons. The van der Waals surface area contributed by atoms with E-state index in [1.807, 2.05) is 80.7 Å². The predicted molar refractivity (Wildman–Crippen MR) is 135 cm³/mol. The van der Waals surface area contributed by atoms with Crippen LogP contribution in [0.3, 0.4) is 0 Å². The van der Waals surface area contributed by atoms with Crippen molar-refractivity contribution in [2.75, 3.05) is 5.32 Å². The Morgan fingerprint density at radius 1 is 1.06 bits per heavy atom. The van der Waals surface area contributed by atoms with Gasteiger partial charge >= 0.3 is 12.1 Å². The first-order chi connectivity index (χ1) is 16.9. The van der Waals surface area contributed by atoms with Crippen molar-refractivity contribution < 1.29 is 19.4 Å². The van der Waals surface area contributed by atoms with Crippen LogP contribution in [0.15, 0.2) is 73.1 Å². The fourth-order valence-electron chi connectivity index (χ4n) is 4.10. The zero-order chi connectivity index (χ0) is 24.6. The molecule has 0 aliphatic heterocycles. The molecule has 0 unspecified atom stereocenters. The lowest BCUT2D eigenvalue weighted by atomic mass is 10.1. The molecule has 7 nitrogen and oxygen atoms in total. The number of carbonyl (C=O) groups excluding carboxylic acids is 1. The average Bonchev–Trinajstić information content (AvgIpc) is 3.40. The molecule has 1 fully saturated rings. The van der Waals surface area contributed by atoms with Gasteiger partial charge in [-0.2, -0.15) is 0 Å². The van der Waals surface area contributed by atoms with E-state index in [1.54, 1.807) is 10.9 Å². The molecule has 1 aliphatic carbocycles. The van der Waals surface area contributed by atoms with Crippen molar-refractivity contribution in [2.45, 2.75) is 31.3 Å². The van der Waals surface area contributed by atoms with E-state index in [2.05, 4.69) is 10.3 Å². The molecule has 8 heteroatoms. The molecular formula is C27H25N3O4S. The van der Waals surface area contributed by atoms with Gasteiger partial charge in [0.2, 0.25) is 0 Å². The molecule has 0 saturated heterocycles. The van der Waals surface area contributed by atoms with Gasteiger partial charge < -0.3 is 14.4 Å². The molecule has 1 aliphatic rings. The molecule has 1 saturated carbocycles. The predicted octanol–water partition coefficient (Wildman–Crippen LogP) is 6.24. The Morgan fingerprint density at radius 2 is 1.74 bits per heavy atom. The van der Waals surface area contributed by atoms with Crippen LogP contribution in [0.4, 0.5) is 10.6 Å². The van der Waals surface area contributed by atoms with Crippen LogP contribution in [-0.4, -0.2) is 26.7 Å². The molecule has 2 aromatic heterocycles. The molecule has 2 N–H and O–H groups in total. The largest absolute Gasteiger partial charge is 0.481 e. The third-order valence-electron chi connectivity index (χ3n) is 6.39. The first-order valence-electron chi connectivity index (χ1n) is 11.4. The molecule has 0 radical (unpaired) electrons. The summed E-state index contributed by atoms with van der Waals surface area (Å²) in [6, 6.07) is 21.3. The van der Waals surface area contributed by atoms with E-state index >= 15 is 0 Å². The number of thiophene rings is 1. The highest BCUT2D eigenvalue weighted by molar-refractivity contribution is 7.15. The fraction of sp³-hybridized carbons (Fsp3) is 0.222. The summed E-state index contributed by atoms with van der Waals surface area (Å²) in [7, 11) is 1.81. The number of carboxylic acid groups (broad SMARTS) is 1. The minimum atomic E-state index is -0.742. The Kier molecular flexibility index (Phi) is 5.90. The summed E-state index contributed by atoms with van der Waals surface area (Å²) in [5, 5.41) is 12.4. The second kappa shape index (κ2) is 9.03. The number of carboxylic acids is 1. The summed E-state index contributed by atoms with van der Waals surface area (Å²) in [5.41, 5.74) is 2.72. The van der Waals surface area contributed by atoms with Crippen LogP contribution >= 0.6 is 11.3 Å². The third-order valence-corrected chi connectivity index (χ3v) is 7.73. The monoisotopic (exact) mass is 487 g/mol. The Labute approximate surface area is 207 Å². The number of rotatable bonds is 7. The van der Waals surface area contributed by atoms with Crippen LogP contribution in [0.5, 0.6) is 0 Å². The van der Waals surface area contributed by atoms with Crippen molar-refractivity contribution in [1.29, 1.82) is 0 Å². The maximum atomic E-state index is 12.6. The summed E-state index contributed by atoms with van der Waals surface area (Å²) >= 11 is 1.53. The van der Waals surface area contributed by atoms with Crippen LogP contribution in [0.2, 0.25) is 0 Å². The number of nitrogens with zero attached hydrogens (tertiary/aromatic N) is 2. The third kappa shape index (κ3) is 4.44. The van der Waals surface area contributed by atoms with Gasteiger partial charge in [0, 0.05) is 22.4 Å². The van der Waals surface area contributed by atoms with Gasteiger partial charge in [0.1, 0.15) is 23.0 Å². The van der Waals surface area contributed by atoms with E-state index in [0.29, 0.717) is 24.4 Å². The number of amides is 1. The molecule has 2 heterocycles. The number of nitrogens with one attached hydrogen (secondary N) is 1. The zero-order valence-electron chi connectivity index (χ0n) is 19.4. The van der Waals surface area contributed by atoms with E-state index < -0.39 is 23.6 Å². The van der Waals surface area contributed by atoms with Crippen molar-refractivity contribution >= 4 is 29.2 Å². The highest BCUT2D eigenvalue weighted by Gasteiger charge is 2.52. The lowest BCUT2D eigenvalue weighted by Gasteiger charge is -2.15. The molecule has 2 aromatic carbocycles. The van der Waals surface area contributed by atoms with Crippen LogP contribution in [0, 0.1) is 0 Å². The minimum Gasteiger partial charge on any atom is -0.481 e. The van der Waals surface area contributed by atoms with Crippen LogP contribution in [0.25, 0.3) is 21.7 Å².